The van der Waals surface area contributed by atoms with Crippen LogP contribution in [0.3, 0.4) is 0 Å². The number of benzene rings is 1. The van der Waals surface area contributed by atoms with Crippen LogP contribution in [0.15, 0.2) is 18.2 Å². The fourth-order valence-corrected chi connectivity index (χ4v) is 5.41. The Balaban J connectivity index is 1.96. The van der Waals surface area contributed by atoms with E-state index in [0.29, 0.717) is 18.2 Å². The lowest BCUT2D eigenvalue weighted by atomic mass is 9.83. The number of nitrogens with zero attached hydrogens (tertiary/aromatic N) is 2. The van der Waals surface area contributed by atoms with Gasteiger partial charge in [0, 0.05) is 30.7 Å². The molecule has 1 aromatic rings. The molecule has 0 radical (unpaired) electrons. The highest BCUT2D eigenvalue weighted by Crippen LogP contribution is 2.33. The summed E-state index contributed by atoms with van der Waals surface area (Å²) in [5.41, 5.74) is 2.20. The van der Waals surface area contributed by atoms with Crippen molar-refractivity contribution in [2.24, 2.45) is 11.8 Å². The molecule has 1 heterocycles. The molecule has 0 saturated heterocycles. The van der Waals surface area contributed by atoms with Crippen LogP contribution in [0.1, 0.15) is 101 Å². The highest BCUT2D eigenvalue weighted by Gasteiger charge is 2.28. The average Bonchev–Trinajstić information content (AvgIpc) is 2.78. The fraction of sp³-hybridized carbons (Fsp3) is 0.704. The van der Waals surface area contributed by atoms with Gasteiger partial charge in [-0.15, -0.1) is 0 Å². The van der Waals surface area contributed by atoms with Gasteiger partial charge in [0.25, 0.3) is 0 Å². The van der Waals surface area contributed by atoms with E-state index in [1.165, 1.54) is 51.4 Å². The molecule has 1 aliphatic carbocycles. The molecule has 1 aliphatic heterocycles. The van der Waals surface area contributed by atoms with Crippen molar-refractivity contribution in [3.05, 3.63) is 29.3 Å². The summed E-state index contributed by atoms with van der Waals surface area (Å²) in [5.74, 6) is -0.0175. The minimum absolute atomic E-state index is 0.0877. The summed E-state index contributed by atoms with van der Waals surface area (Å²) in [4.78, 5) is 29.4. The third kappa shape index (κ3) is 6.34. The second-order valence-electron chi connectivity index (χ2n) is 10.1. The molecule has 1 saturated carbocycles. The van der Waals surface area contributed by atoms with Gasteiger partial charge in [-0.1, -0.05) is 46.5 Å². The monoisotopic (exact) mass is 442 g/mol. The molecule has 1 aromatic carbocycles. The van der Waals surface area contributed by atoms with E-state index in [9.17, 15) is 14.7 Å². The molecule has 5 heteroatoms. The van der Waals surface area contributed by atoms with Crippen LogP contribution in [0.25, 0.3) is 0 Å². The Kier molecular flexibility index (Phi) is 9.15. The molecular weight excluding hydrogens is 400 g/mol. The summed E-state index contributed by atoms with van der Waals surface area (Å²) in [6.07, 6.45) is 12.0. The van der Waals surface area contributed by atoms with Crippen molar-refractivity contribution < 1.29 is 14.7 Å². The van der Waals surface area contributed by atoms with E-state index in [4.69, 9.17) is 0 Å². The number of hydrogen-bond acceptors (Lipinski definition) is 3. The van der Waals surface area contributed by atoms with Crippen molar-refractivity contribution in [3.8, 4) is 0 Å². The highest BCUT2D eigenvalue weighted by atomic mass is 16.4. The normalized spacial score (nSPS) is 23.8. The Morgan fingerprint density at radius 3 is 2.28 bits per heavy atom. The molecule has 5 nitrogen and oxygen atoms in total. The molecule has 1 fully saturated rings. The average molecular weight is 443 g/mol. The lowest BCUT2D eigenvalue weighted by molar-refractivity contribution is -0.121. The van der Waals surface area contributed by atoms with E-state index in [-0.39, 0.29) is 11.8 Å². The van der Waals surface area contributed by atoms with Crippen molar-refractivity contribution in [1.29, 1.82) is 0 Å². The summed E-state index contributed by atoms with van der Waals surface area (Å²) in [7, 11) is 0. The van der Waals surface area contributed by atoms with Crippen molar-refractivity contribution in [2.45, 2.75) is 97.6 Å². The largest absolute Gasteiger partial charge is 0.478 e. The van der Waals surface area contributed by atoms with Crippen molar-refractivity contribution in [2.75, 3.05) is 18.0 Å². The summed E-state index contributed by atoms with van der Waals surface area (Å²) >= 11 is 0. The molecule has 0 spiro atoms. The number of aromatic carboxylic acids is 1. The van der Waals surface area contributed by atoms with Crippen molar-refractivity contribution in [3.63, 3.8) is 0 Å². The fourth-order valence-electron chi connectivity index (χ4n) is 5.41. The van der Waals surface area contributed by atoms with E-state index >= 15 is 0 Å². The van der Waals surface area contributed by atoms with Gasteiger partial charge in [-0.25, -0.2) is 4.79 Å². The number of amides is 1. The lowest BCUT2D eigenvalue weighted by Crippen LogP contribution is -2.40. The van der Waals surface area contributed by atoms with E-state index < -0.39 is 5.97 Å². The molecular formula is C27H42N2O3. The topological polar surface area (TPSA) is 60.9 Å². The Labute approximate surface area is 194 Å². The van der Waals surface area contributed by atoms with Crippen LogP contribution >= 0.6 is 0 Å². The zero-order valence-electron chi connectivity index (χ0n) is 20.3. The minimum atomic E-state index is -0.907. The number of carboxylic acids is 1. The predicted octanol–water partition coefficient (Wildman–Crippen LogP) is 6.11. The van der Waals surface area contributed by atoms with Crippen LogP contribution in [-0.2, 0) is 11.3 Å². The van der Waals surface area contributed by atoms with Crippen LogP contribution in [0.4, 0.5) is 5.69 Å². The number of carbonyl (C=O) groups is 2. The molecule has 0 unspecified atom stereocenters. The molecule has 0 atom stereocenters. The first-order valence-corrected chi connectivity index (χ1v) is 12.8. The van der Waals surface area contributed by atoms with Crippen molar-refractivity contribution in [1.82, 2.24) is 4.90 Å². The molecule has 3 rings (SSSR count). The van der Waals surface area contributed by atoms with E-state index in [0.717, 1.165) is 43.1 Å². The summed E-state index contributed by atoms with van der Waals surface area (Å²) in [5, 5.41) is 9.64. The van der Waals surface area contributed by atoms with Gasteiger partial charge in [0.05, 0.1) is 5.56 Å². The SMILES string of the molecule is CCC1CCC(N2CCCCCCCN(C(=O)C(C)C)c3ccc(C(=O)O)cc3C2)CC1. The number of fused-ring (bicyclic) bond motifs is 1. The summed E-state index contributed by atoms with van der Waals surface area (Å²) < 4.78 is 0. The maximum atomic E-state index is 13.1. The van der Waals surface area contributed by atoms with Gasteiger partial charge in [-0.3, -0.25) is 9.69 Å². The molecule has 1 amide bonds. The lowest BCUT2D eigenvalue weighted by Gasteiger charge is -2.38. The zero-order valence-corrected chi connectivity index (χ0v) is 20.3. The van der Waals surface area contributed by atoms with E-state index in [2.05, 4.69) is 11.8 Å². The number of carboxylic acid groups (broad SMARTS) is 1. The Morgan fingerprint density at radius 2 is 1.66 bits per heavy atom. The Bertz CT molecular complexity index is 768. The standard InChI is InChI=1S/C27H42N2O3/c1-4-21-10-13-24(14-11-21)28-16-8-6-5-7-9-17-29(26(30)20(2)3)25-15-12-22(27(31)32)18-23(25)19-28/h12,15,18,20-21,24H,4-11,13-14,16-17,19H2,1-3H3,(H,31,32). The highest BCUT2D eigenvalue weighted by molar-refractivity contribution is 5.96. The third-order valence-corrected chi connectivity index (χ3v) is 7.49. The van der Waals surface area contributed by atoms with Gasteiger partial charge in [-0.2, -0.15) is 0 Å². The van der Waals surface area contributed by atoms with Gasteiger partial charge in [0.1, 0.15) is 0 Å². The Morgan fingerprint density at radius 1 is 1.00 bits per heavy atom. The van der Waals surface area contributed by atoms with Gasteiger partial charge in [0.2, 0.25) is 5.91 Å². The molecule has 32 heavy (non-hydrogen) atoms. The minimum Gasteiger partial charge on any atom is -0.478 e. The quantitative estimate of drug-likeness (QED) is 0.611. The van der Waals surface area contributed by atoms with Crippen LogP contribution < -0.4 is 4.90 Å². The first-order valence-electron chi connectivity index (χ1n) is 12.8. The first-order chi connectivity index (χ1) is 15.4. The molecule has 1 N–H and O–H groups in total. The molecule has 0 bridgehead atoms. The summed E-state index contributed by atoms with van der Waals surface area (Å²) in [6, 6.07) is 5.90. The number of carbonyl (C=O) groups excluding carboxylic acids is 1. The second kappa shape index (κ2) is 11.8. The van der Waals surface area contributed by atoms with Gasteiger partial charge < -0.3 is 10.0 Å². The maximum absolute atomic E-state index is 13.1. The van der Waals surface area contributed by atoms with Crippen LogP contribution in [0, 0.1) is 11.8 Å². The molecule has 0 aromatic heterocycles. The number of rotatable bonds is 4. The number of hydrogen-bond donors (Lipinski definition) is 1. The molecule has 2 aliphatic rings. The molecule has 178 valence electrons. The van der Waals surface area contributed by atoms with Gasteiger partial charge >= 0.3 is 5.97 Å². The van der Waals surface area contributed by atoms with Crippen LogP contribution in [-0.4, -0.2) is 41.0 Å². The zero-order chi connectivity index (χ0) is 23.1. The Hall–Kier alpha value is -1.88. The predicted molar refractivity (Wildman–Crippen MR) is 130 cm³/mol. The van der Waals surface area contributed by atoms with Crippen molar-refractivity contribution >= 4 is 17.6 Å². The third-order valence-electron chi connectivity index (χ3n) is 7.49. The smallest absolute Gasteiger partial charge is 0.335 e. The summed E-state index contributed by atoms with van der Waals surface area (Å²) in [6.45, 7) is 8.67. The second-order valence-corrected chi connectivity index (χ2v) is 10.1. The van der Waals surface area contributed by atoms with E-state index in [1.54, 1.807) is 6.07 Å². The number of anilines is 1. The van der Waals surface area contributed by atoms with Gasteiger partial charge in [0.15, 0.2) is 0 Å². The maximum Gasteiger partial charge on any atom is 0.335 e. The van der Waals surface area contributed by atoms with E-state index in [1.807, 2.05) is 30.9 Å². The van der Waals surface area contributed by atoms with Gasteiger partial charge in [-0.05, 0) is 74.8 Å². The van der Waals surface area contributed by atoms with Crippen LogP contribution in [0.2, 0.25) is 0 Å². The first kappa shape index (κ1) is 24.8. The van der Waals surface area contributed by atoms with Crippen LogP contribution in [0.5, 0.6) is 0 Å².